The van der Waals surface area contributed by atoms with Gasteiger partial charge in [0.05, 0.1) is 0 Å². The molecule has 0 unspecified atom stereocenters. The van der Waals surface area contributed by atoms with Crippen LogP contribution in [0.15, 0.2) is 29.4 Å². The number of hydrogen-bond donors (Lipinski definition) is 0. The maximum Gasteiger partial charge on any atom is 0.0450 e. The summed E-state index contributed by atoms with van der Waals surface area (Å²) in [6.07, 6.45) is 0. The van der Waals surface area contributed by atoms with Crippen LogP contribution in [0.4, 0.5) is 5.69 Å². The molecule has 1 aromatic carbocycles. The van der Waals surface area contributed by atoms with Gasteiger partial charge in [0.25, 0.3) is 0 Å². The Balaban J connectivity index is 2.49. The Kier molecular flexibility index (Phi) is 5.61. The minimum absolute atomic E-state index is 0.760. The lowest BCUT2D eigenvalue weighted by molar-refractivity contribution is 1.32. The predicted octanol–water partition coefficient (Wildman–Crippen LogP) is 5.20. The van der Waals surface area contributed by atoms with E-state index in [2.05, 4.69) is 29.7 Å². The van der Waals surface area contributed by atoms with Gasteiger partial charge in [-0.3, -0.25) is 0 Å². The second-order valence-corrected chi connectivity index (χ2v) is 11.9. The van der Waals surface area contributed by atoms with Gasteiger partial charge in [-0.1, -0.05) is 49.0 Å². The van der Waals surface area contributed by atoms with Crippen LogP contribution in [0.2, 0.25) is 25.7 Å². The van der Waals surface area contributed by atoms with Crippen LogP contribution in [0.1, 0.15) is 5.56 Å². The first-order valence-corrected chi connectivity index (χ1v) is 10.6. The first kappa shape index (κ1) is 14.2. The highest BCUT2D eigenvalue weighted by Gasteiger charge is 2.12. The Morgan fingerprint density at radius 1 is 1.29 bits per heavy atom. The van der Waals surface area contributed by atoms with Gasteiger partial charge in [0.2, 0.25) is 0 Å². The second-order valence-electron chi connectivity index (χ2n) is 5.18. The number of nitrogens with zero attached hydrogens (tertiary/aromatic N) is 3. The molecule has 92 valence electrons. The molecule has 0 bridgehead atoms. The van der Waals surface area contributed by atoms with Crippen molar-refractivity contribution >= 4 is 25.5 Å². The van der Waals surface area contributed by atoms with Crippen LogP contribution in [0.25, 0.3) is 10.4 Å². The van der Waals surface area contributed by atoms with Crippen LogP contribution in [0.3, 0.4) is 0 Å². The summed E-state index contributed by atoms with van der Waals surface area (Å²) in [5.74, 6) is 2.12. The fourth-order valence-corrected chi connectivity index (χ4v) is 4.97. The van der Waals surface area contributed by atoms with E-state index in [0.29, 0.717) is 0 Å². The average Bonchev–Trinajstić information content (AvgIpc) is 2.25. The summed E-state index contributed by atoms with van der Waals surface area (Å²) in [5.41, 5.74) is 10.4. The lowest BCUT2D eigenvalue weighted by atomic mass is 10.2. The molecular formula is C12H19N3SSi. The monoisotopic (exact) mass is 265 g/mol. The first-order valence-electron chi connectivity index (χ1n) is 5.74. The lowest BCUT2D eigenvalue weighted by Gasteiger charge is -2.15. The zero-order valence-corrected chi connectivity index (χ0v) is 12.5. The molecule has 1 aromatic rings. The largest absolute Gasteiger partial charge is 0.157 e. The SMILES string of the molecule is C[Si](C)(C)CCSCc1ccccc1N=[N+]=[N-]. The quantitative estimate of drug-likeness (QED) is 0.229. The van der Waals surface area contributed by atoms with Crippen LogP contribution in [0, 0.1) is 0 Å². The third-order valence-corrected chi connectivity index (χ3v) is 5.52. The molecule has 0 heterocycles. The lowest BCUT2D eigenvalue weighted by Crippen LogP contribution is -2.19. The molecule has 17 heavy (non-hydrogen) atoms. The highest BCUT2D eigenvalue weighted by atomic mass is 32.2. The summed E-state index contributed by atoms with van der Waals surface area (Å²) in [4.78, 5) is 2.86. The summed E-state index contributed by atoms with van der Waals surface area (Å²) in [7, 11) is -0.927. The Morgan fingerprint density at radius 3 is 2.65 bits per heavy atom. The van der Waals surface area contributed by atoms with Gasteiger partial charge in [-0.25, -0.2) is 0 Å². The average molecular weight is 265 g/mol. The van der Waals surface area contributed by atoms with Crippen LogP contribution in [-0.2, 0) is 5.75 Å². The molecule has 0 aliphatic rings. The number of azide groups is 1. The fourth-order valence-electron chi connectivity index (χ4n) is 1.34. The van der Waals surface area contributed by atoms with E-state index in [1.165, 1.54) is 11.8 Å². The maximum absolute atomic E-state index is 8.48. The third-order valence-electron chi connectivity index (χ3n) is 2.40. The number of rotatable bonds is 6. The molecule has 5 heteroatoms. The van der Waals surface area contributed by atoms with E-state index in [0.717, 1.165) is 17.0 Å². The second kappa shape index (κ2) is 6.74. The molecule has 0 saturated carbocycles. The number of thioether (sulfide) groups is 1. The summed E-state index contributed by atoms with van der Waals surface area (Å²) in [6.45, 7) is 7.17. The molecule has 0 aliphatic carbocycles. The van der Waals surface area contributed by atoms with Crippen molar-refractivity contribution in [3.8, 4) is 0 Å². The van der Waals surface area contributed by atoms with Crippen LogP contribution < -0.4 is 0 Å². The topological polar surface area (TPSA) is 48.8 Å². The molecule has 0 atom stereocenters. The zero-order valence-electron chi connectivity index (χ0n) is 10.7. The molecule has 0 aliphatic heterocycles. The van der Waals surface area contributed by atoms with Crippen molar-refractivity contribution in [1.82, 2.24) is 0 Å². The minimum atomic E-state index is -0.927. The molecule has 0 N–H and O–H groups in total. The Bertz CT molecular complexity index is 408. The number of hydrogen-bond acceptors (Lipinski definition) is 2. The van der Waals surface area contributed by atoms with E-state index >= 15 is 0 Å². The predicted molar refractivity (Wildman–Crippen MR) is 79.6 cm³/mol. The summed E-state index contributed by atoms with van der Waals surface area (Å²) < 4.78 is 0. The Morgan fingerprint density at radius 2 is 2.00 bits per heavy atom. The normalized spacial score (nSPS) is 11.0. The van der Waals surface area contributed by atoms with E-state index in [4.69, 9.17) is 5.53 Å². The van der Waals surface area contributed by atoms with Crippen LogP contribution >= 0.6 is 11.8 Å². The fraction of sp³-hybridized carbons (Fsp3) is 0.500. The Labute approximate surface area is 108 Å². The molecule has 0 aromatic heterocycles. The Hall–Kier alpha value is -0.903. The van der Waals surface area contributed by atoms with Crippen molar-refractivity contribution in [2.45, 2.75) is 31.4 Å². The van der Waals surface area contributed by atoms with Gasteiger partial charge in [0, 0.05) is 24.4 Å². The van der Waals surface area contributed by atoms with Gasteiger partial charge < -0.3 is 0 Å². The molecule has 0 radical (unpaired) electrons. The van der Waals surface area contributed by atoms with Gasteiger partial charge in [0.1, 0.15) is 0 Å². The van der Waals surface area contributed by atoms with Gasteiger partial charge in [-0.05, 0) is 22.9 Å². The van der Waals surface area contributed by atoms with Crippen molar-refractivity contribution in [2.75, 3.05) is 5.75 Å². The van der Waals surface area contributed by atoms with E-state index in [1.807, 2.05) is 36.0 Å². The van der Waals surface area contributed by atoms with Gasteiger partial charge in [-0.15, -0.1) is 0 Å². The summed E-state index contributed by atoms with van der Waals surface area (Å²) in [5, 5.41) is 3.71. The van der Waals surface area contributed by atoms with Crippen molar-refractivity contribution < 1.29 is 0 Å². The third kappa shape index (κ3) is 5.82. The molecule has 1 rings (SSSR count). The minimum Gasteiger partial charge on any atom is -0.157 e. The first-order chi connectivity index (χ1) is 8.03. The van der Waals surface area contributed by atoms with Gasteiger partial charge in [0.15, 0.2) is 0 Å². The molecule has 0 saturated heterocycles. The maximum atomic E-state index is 8.48. The molecular weight excluding hydrogens is 246 g/mol. The standard InChI is InChI=1S/C12H19N3SSi/c1-17(2,3)9-8-16-10-11-6-4-5-7-12(11)14-15-13/h4-7H,8-10H2,1-3H3. The van der Waals surface area contributed by atoms with E-state index in [-0.39, 0.29) is 0 Å². The molecule has 3 nitrogen and oxygen atoms in total. The van der Waals surface area contributed by atoms with Crippen LogP contribution in [0.5, 0.6) is 0 Å². The number of benzene rings is 1. The van der Waals surface area contributed by atoms with E-state index in [9.17, 15) is 0 Å². The zero-order chi connectivity index (χ0) is 12.7. The van der Waals surface area contributed by atoms with Crippen molar-refractivity contribution in [2.24, 2.45) is 5.11 Å². The molecule has 0 amide bonds. The van der Waals surface area contributed by atoms with Crippen molar-refractivity contribution in [1.29, 1.82) is 0 Å². The van der Waals surface area contributed by atoms with E-state index in [1.54, 1.807) is 0 Å². The highest BCUT2D eigenvalue weighted by Crippen LogP contribution is 2.25. The highest BCUT2D eigenvalue weighted by molar-refractivity contribution is 7.98. The van der Waals surface area contributed by atoms with Crippen molar-refractivity contribution in [3.05, 3.63) is 40.3 Å². The van der Waals surface area contributed by atoms with E-state index < -0.39 is 8.07 Å². The van der Waals surface area contributed by atoms with Gasteiger partial charge in [-0.2, -0.15) is 11.8 Å². The summed E-state index contributed by atoms with van der Waals surface area (Å²) in [6, 6.07) is 9.13. The smallest absolute Gasteiger partial charge is 0.0450 e. The summed E-state index contributed by atoms with van der Waals surface area (Å²) >= 11 is 1.92. The molecule has 0 spiro atoms. The molecule has 0 fully saturated rings. The van der Waals surface area contributed by atoms with Crippen LogP contribution in [-0.4, -0.2) is 13.8 Å². The van der Waals surface area contributed by atoms with Gasteiger partial charge >= 0.3 is 0 Å². The van der Waals surface area contributed by atoms with Crippen molar-refractivity contribution in [3.63, 3.8) is 0 Å².